The molecule has 0 saturated carbocycles. The molecule has 5 heteroatoms. The lowest BCUT2D eigenvalue weighted by Gasteiger charge is -2.16. The quantitative estimate of drug-likeness (QED) is 0.247. The molecule has 0 aliphatic carbocycles. The van der Waals surface area contributed by atoms with Crippen molar-refractivity contribution in [3.8, 4) is 17.0 Å². The summed E-state index contributed by atoms with van der Waals surface area (Å²) in [5.74, 6) is 0.0708. The number of hydrogen-bond donors (Lipinski definition) is 0. The number of hydrogen-bond acceptors (Lipinski definition) is 5. The molecular weight excluding hydrogens is 374 g/mol. The molecule has 4 rings (SSSR count). The summed E-state index contributed by atoms with van der Waals surface area (Å²) in [7, 11) is 0. The highest BCUT2D eigenvalue weighted by molar-refractivity contribution is 6.16. The van der Waals surface area contributed by atoms with E-state index in [4.69, 9.17) is 4.74 Å². The Labute approximate surface area is 174 Å². The van der Waals surface area contributed by atoms with Crippen molar-refractivity contribution >= 4 is 22.8 Å². The Morgan fingerprint density at radius 3 is 2.50 bits per heavy atom. The molecule has 0 unspecified atom stereocenters. The molecule has 0 atom stereocenters. The maximum atomic E-state index is 13.4. The first-order chi connectivity index (χ1) is 14.8. The van der Waals surface area contributed by atoms with Crippen LogP contribution in [0.4, 0.5) is 0 Å². The van der Waals surface area contributed by atoms with Gasteiger partial charge in [0, 0.05) is 28.9 Å². The van der Waals surface area contributed by atoms with Crippen molar-refractivity contribution in [3.05, 3.63) is 103 Å². The van der Waals surface area contributed by atoms with Crippen LogP contribution in [0.15, 0.2) is 92.0 Å². The average Bonchev–Trinajstić information content (AvgIpc) is 2.81. The summed E-state index contributed by atoms with van der Waals surface area (Å²) >= 11 is 0. The minimum Gasteiger partial charge on any atom is -0.473 e. The van der Waals surface area contributed by atoms with Gasteiger partial charge in [0.2, 0.25) is 5.88 Å². The molecule has 2 heterocycles. The fraction of sp³-hybridized carbons (Fsp3) is 0.0400. The number of ketones is 1. The highest BCUT2D eigenvalue weighted by atomic mass is 16.5. The second kappa shape index (κ2) is 8.92. The van der Waals surface area contributed by atoms with Crippen molar-refractivity contribution in [2.75, 3.05) is 6.61 Å². The number of fused-ring (bicyclic) bond motifs is 1. The van der Waals surface area contributed by atoms with Gasteiger partial charge in [0.1, 0.15) is 12.9 Å². The van der Waals surface area contributed by atoms with Crippen molar-refractivity contribution in [1.82, 2.24) is 15.0 Å². The summed E-state index contributed by atoms with van der Waals surface area (Å²) in [4.78, 5) is 25.9. The van der Waals surface area contributed by atoms with Crippen LogP contribution in [0, 0.1) is 0 Å². The van der Waals surface area contributed by atoms with E-state index in [-0.39, 0.29) is 18.3 Å². The predicted molar refractivity (Wildman–Crippen MR) is 118 cm³/mol. The maximum absolute atomic E-state index is 13.4. The van der Waals surface area contributed by atoms with E-state index in [1.807, 2.05) is 54.6 Å². The standard InChI is InChI=1S/C25H19N3O2/c1-2-14-30-25-24(22(29)13-12-18-15-26-17-27-16-18)23(19-8-4-3-5-9-19)20-10-6-7-11-21(20)28-25/h2-13,15-17H,1,14H2. The zero-order chi connectivity index (χ0) is 20.8. The Bertz CT molecular complexity index is 1220. The first-order valence-electron chi connectivity index (χ1n) is 9.47. The minimum absolute atomic E-state index is 0.213. The topological polar surface area (TPSA) is 65.0 Å². The van der Waals surface area contributed by atoms with Crippen molar-refractivity contribution in [2.24, 2.45) is 0 Å². The first kappa shape index (κ1) is 19.2. The Morgan fingerprint density at radius 2 is 1.73 bits per heavy atom. The van der Waals surface area contributed by atoms with Gasteiger partial charge >= 0.3 is 0 Å². The highest BCUT2D eigenvalue weighted by Gasteiger charge is 2.22. The van der Waals surface area contributed by atoms with Crippen molar-refractivity contribution < 1.29 is 9.53 Å². The highest BCUT2D eigenvalue weighted by Crippen LogP contribution is 2.36. The predicted octanol–water partition coefficient (Wildman–Crippen LogP) is 5.15. The van der Waals surface area contributed by atoms with E-state index >= 15 is 0 Å². The van der Waals surface area contributed by atoms with E-state index < -0.39 is 0 Å². The molecule has 30 heavy (non-hydrogen) atoms. The zero-order valence-electron chi connectivity index (χ0n) is 16.2. The van der Waals surface area contributed by atoms with Gasteiger partial charge in [-0.15, -0.1) is 0 Å². The number of carbonyl (C=O) groups is 1. The van der Waals surface area contributed by atoms with Gasteiger partial charge in [0.25, 0.3) is 0 Å². The third-order valence-corrected chi connectivity index (χ3v) is 4.51. The Morgan fingerprint density at radius 1 is 1.00 bits per heavy atom. The third kappa shape index (κ3) is 4.00. The molecule has 0 radical (unpaired) electrons. The zero-order valence-corrected chi connectivity index (χ0v) is 16.2. The van der Waals surface area contributed by atoms with Crippen LogP contribution in [0.2, 0.25) is 0 Å². The number of nitrogens with zero attached hydrogens (tertiary/aromatic N) is 3. The number of para-hydroxylation sites is 1. The fourth-order valence-corrected chi connectivity index (χ4v) is 3.22. The molecule has 0 aliphatic heterocycles. The van der Waals surface area contributed by atoms with E-state index in [1.165, 1.54) is 12.4 Å². The number of rotatable bonds is 7. The number of allylic oxidation sites excluding steroid dienone is 1. The van der Waals surface area contributed by atoms with Gasteiger partial charge in [0.15, 0.2) is 5.78 Å². The Hall–Kier alpha value is -4.12. The Kier molecular flexibility index (Phi) is 5.71. The van der Waals surface area contributed by atoms with Crippen LogP contribution in [0.5, 0.6) is 5.88 Å². The molecule has 0 aliphatic rings. The summed E-state index contributed by atoms with van der Waals surface area (Å²) in [6.07, 6.45) is 9.54. The molecule has 2 aromatic carbocycles. The second-order valence-electron chi connectivity index (χ2n) is 6.52. The lowest BCUT2D eigenvalue weighted by molar-refractivity contribution is 0.104. The largest absolute Gasteiger partial charge is 0.473 e. The second-order valence-corrected chi connectivity index (χ2v) is 6.52. The maximum Gasteiger partial charge on any atom is 0.226 e. The first-order valence-corrected chi connectivity index (χ1v) is 9.47. The van der Waals surface area contributed by atoms with Crippen molar-refractivity contribution in [3.63, 3.8) is 0 Å². The van der Waals surface area contributed by atoms with Crippen molar-refractivity contribution in [2.45, 2.75) is 0 Å². The number of carbonyl (C=O) groups excluding carboxylic acids is 1. The van der Waals surface area contributed by atoms with Crippen molar-refractivity contribution in [1.29, 1.82) is 0 Å². The molecule has 0 spiro atoms. The summed E-state index contributed by atoms with van der Waals surface area (Å²) in [6.45, 7) is 3.95. The van der Waals surface area contributed by atoms with E-state index in [9.17, 15) is 4.79 Å². The molecule has 4 aromatic rings. The Balaban J connectivity index is 1.94. The van der Waals surface area contributed by atoms with Crippen LogP contribution in [0.25, 0.3) is 28.1 Å². The van der Waals surface area contributed by atoms with Gasteiger partial charge in [0.05, 0.1) is 11.1 Å². The summed E-state index contributed by atoms with van der Waals surface area (Å²) < 4.78 is 5.82. The van der Waals surface area contributed by atoms with Gasteiger partial charge in [-0.3, -0.25) is 4.79 Å². The fourth-order valence-electron chi connectivity index (χ4n) is 3.22. The third-order valence-electron chi connectivity index (χ3n) is 4.51. The van der Waals surface area contributed by atoms with E-state index in [0.717, 1.165) is 27.6 Å². The molecule has 0 bridgehead atoms. The van der Waals surface area contributed by atoms with Crippen LogP contribution in [-0.2, 0) is 0 Å². The number of ether oxygens (including phenoxy) is 1. The average molecular weight is 393 g/mol. The molecule has 0 fully saturated rings. The van der Waals surface area contributed by atoms with E-state index in [2.05, 4.69) is 21.5 Å². The van der Waals surface area contributed by atoms with Gasteiger partial charge in [-0.1, -0.05) is 61.2 Å². The summed E-state index contributed by atoms with van der Waals surface area (Å²) in [5, 5.41) is 0.884. The van der Waals surface area contributed by atoms with Crippen LogP contribution >= 0.6 is 0 Å². The van der Waals surface area contributed by atoms with Crippen LogP contribution < -0.4 is 4.74 Å². The molecule has 2 aromatic heterocycles. The lowest BCUT2D eigenvalue weighted by atomic mass is 9.93. The van der Waals surface area contributed by atoms with Gasteiger partial charge < -0.3 is 4.74 Å². The molecule has 5 nitrogen and oxygen atoms in total. The lowest BCUT2D eigenvalue weighted by Crippen LogP contribution is -2.07. The monoisotopic (exact) mass is 393 g/mol. The normalized spacial score (nSPS) is 10.9. The van der Waals surface area contributed by atoms with E-state index in [0.29, 0.717) is 5.56 Å². The molecular formula is C25H19N3O2. The SMILES string of the molecule is C=CCOc1nc2ccccc2c(-c2ccccc2)c1C(=O)C=Cc1cncnc1. The number of pyridine rings is 1. The molecule has 146 valence electrons. The molecule has 0 amide bonds. The summed E-state index contributed by atoms with van der Waals surface area (Å²) in [5.41, 5.74) is 3.61. The minimum atomic E-state index is -0.213. The van der Waals surface area contributed by atoms with Gasteiger partial charge in [-0.05, 0) is 23.8 Å². The molecule has 0 saturated heterocycles. The van der Waals surface area contributed by atoms with Crippen LogP contribution in [-0.4, -0.2) is 27.3 Å². The van der Waals surface area contributed by atoms with E-state index in [1.54, 1.807) is 24.5 Å². The van der Waals surface area contributed by atoms with Crippen LogP contribution in [0.3, 0.4) is 0 Å². The smallest absolute Gasteiger partial charge is 0.226 e. The van der Waals surface area contributed by atoms with Gasteiger partial charge in [-0.2, -0.15) is 0 Å². The molecule has 0 N–H and O–H groups in total. The van der Waals surface area contributed by atoms with Crippen LogP contribution in [0.1, 0.15) is 15.9 Å². The summed E-state index contributed by atoms with van der Waals surface area (Å²) in [6, 6.07) is 17.5. The number of benzene rings is 2. The number of aromatic nitrogens is 3. The van der Waals surface area contributed by atoms with Gasteiger partial charge in [-0.25, -0.2) is 15.0 Å².